The molecule has 20 heavy (non-hydrogen) atoms. The summed E-state index contributed by atoms with van der Waals surface area (Å²) in [5.74, 6) is -1.59. The highest BCUT2D eigenvalue weighted by Crippen LogP contribution is 2.17. The predicted octanol–water partition coefficient (Wildman–Crippen LogP) is 3.32. The SMILES string of the molecule is CC(C)C(C(=O)O)C(C)NC(=O)Nc1ccc(Br)cc1. The second-order valence-corrected chi connectivity index (χ2v) is 5.92. The monoisotopic (exact) mass is 342 g/mol. The summed E-state index contributed by atoms with van der Waals surface area (Å²) in [6.45, 7) is 5.34. The van der Waals surface area contributed by atoms with E-state index in [1.807, 2.05) is 26.0 Å². The number of carbonyl (C=O) groups excluding carboxylic acids is 1. The fourth-order valence-corrected chi connectivity index (χ4v) is 2.34. The van der Waals surface area contributed by atoms with Gasteiger partial charge < -0.3 is 15.7 Å². The van der Waals surface area contributed by atoms with Gasteiger partial charge in [-0.05, 0) is 37.1 Å². The average molecular weight is 343 g/mol. The Hall–Kier alpha value is -1.56. The molecule has 0 bridgehead atoms. The average Bonchev–Trinajstić information content (AvgIpc) is 2.30. The summed E-state index contributed by atoms with van der Waals surface area (Å²) in [7, 11) is 0. The Labute approximate surface area is 126 Å². The number of benzene rings is 1. The fraction of sp³-hybridized carbons (Fsp3) is 0.429. The number of aliphatic carboxylic acids is 1. The highest BCUT2D eigenvalue weighted by atomic mass is 79.9. The third-order valence-corrected chi connectivity index (χ3v) is 3.53. The van der Waals surface area contributed by atoms with Crippen LogP contribution in [-0.4, -0.2) is 23.1 Å². The number of carbonyl (C=O) groups is 2. The Balaban J connectivity index is 2.61. The standard InChI is InChI=1S/C14H19BrN2O3/c1-8(2)12(13(18)19)9(3)16-14(20)17-11-6-4-10(15)5-7-11/h4-9,12H,1-3H3,(H,18,19)(H2,16,17,20). The van der Waals surface area contributed by atoms with Crippen molar-refractivity contribution >= 4 is 33.6 Å². The van der Waals surface area contributed by atoms with Crippen LogP contribution in [0.3, 0.4) is 0 Å². The van der Waals surface area contributed by atoms with Crippen LogP contribution in [0.2, 0.25) is 0 Å². The molecular weight excluding hydrogens is 324 g/mol. The molecule has 6 heteroatoms. The number of rotatable bonds is 5. The van der Waals surface area contributed by atoms with Gasteiger partial charge in [0, 0.05) is 16.2 Å². The quantitative estimate of drug-likeness (QED) is 0.767. The van der Waals surface area contributed by atoms with Gasteiger partial charge in [0.15, 0.2) is 0 Å². The van der Waals surface area contributed by atoms with Crippen molar-refractivity contribution in [1.82, 2.24) is 5.32 Å². The van der Waals surface area contributed by atoms with E-state index in [4.69, 9.17) is 0 Å². The van der Waals surface area contributed by atoms with Gasteiger partial charge in [0.1, 0.15) is 0 Å². The van der Waals surface area contributed by atoms with Crippen LogP contribution in [0.25, 0.3) is 0 Å². The van der Waals surface area contributed by atoms with Crippen molar-refractivity contribution in [2.75, 3.05) is 5.32 Å². The Bertz CT molecular complexity index is 474. The second kappa shape index (κ2) is 7.28. The van der Waals surface area contributed by atoms with Gasteiger partial charge in [0.05, 0.1) is 5.92 Å². The normalized spacial score (nSPS) is 13.7. The van der Waals surface area contributed by atoms with Gasteiger partial charge in [-0.1, -0.05) is 29.8 Å². The third kappa shape index (κ3) is 4.85. The molecule has 5 nitrogen and oxygen atoms in total. The Morgan fingerprint density at radius 3 is 2.15 bits per heavy atom. The van der Waals surface area contributed by atoms with Crippen LogP contribution in [0.15, 0.2) is 28.7 Å². The molecule has 0 radical (unpaired) electrons. The number of anilines is 1. The summed E-state index contributed by atoms with van der Waals surface area (Å²) in [5.41, 5.74) is 0.648. The van der Waals surface area contributed by atoms with Gasteiger partial charge in [-0.25, -0.2) is 4.79 Å². The molecule has 2 amide bonds. The molecule has 0 heterocycles. The minimum atomic E-state index is -0.906. The number of hydrogen-bond donors (Lipinski definition) is 3. The Morgan fingerprint density at radius 2 is 1.70 bits per heavy atom. The molecule has 110 valence electrons. The molecule has 0 aromatic heterocycles. The van der Waals surface area contributed by atoms with Crippen molar-refractivity contribution in [3.63, 3.8) is 0 Å². The van der Waals surface area contributed by atoms with E-state index in [9.17, 15) is 14.7 Å². The lowest BCUT2D eigenvalue weighted by molar-refractivity contribution is -0.144. The van der Waals surface area contributed by atoms with Crippen molar-refractivity contribution in [3.8, 4) is 0 Å². The van der Waals surface area contributed by atoms with Crippen molar-refractivity contribution in [2.24, 2.45) is 11.8 Å². The molecule has 0 aliphatic heterocycles. The van der Waals surface area contributed by atoms with E-state index in [1.165, 1.54) is 0 Å². The summed E-state index contributed by atoms with van der Waals surface area (Å²) in [4.78, 5) is 23.0. The van der Waals surface area contributed by atoms with E-state index < -0.39 is 24.0 Å². The third-order valence-electron chi connectivity index (χ3n) is 3.00. The zero-order valence-electron chi connectivity index (χ0n) is 11.7. The number of hydrogen-bond acceptors (Lipinski definition) is 2. The molecular formula is C14H19BrN2O3. The van der Waals surface area contributed by atoms with Crippen LogP contribution in [0.5, 0.6) is 0 Å². The fourth-order valence-electron chi connectivity index (χ4n) is 2.07. The summed E-state index contributed by atoms with van der Waals surface area (Å²) >= 11 is 3.31. The molecule has 0 saturated heterocycles. The highest BCUT2D eigenvalue weighted by Gasteiger charge is 2.28. The topological polar surface area (TPSA) is 78.4 Å². The number of carboxylic acids is 1. The molecule has 3 N–H and O–H groups in total. The molecule has 1 aromatic rings. The lowest BCUT2D eigenvalue weighted by Crippen LogP contribution is -2.45. The second-order valence-electron chi connectivity index (χ2n) is 5.00. The van der Waals surface area contributed by atoms with Crippen LogP contribution in [-0.2, 0) is 4.79 Å². The number of carboxylic acid groups (broad SMARTS) is 1. The summed E-state index contributed by atoms with van der Waals surface area (Å²) in [6.07, 6.45) is 0. The van der Waals surface area contributed by atoms with Gasteiger partial charge in [0.25, 0.3) is 0 Å². The largest absolute Gasteiger partial charge is 0.481 e. The van der Waals surface area contributed by atoms with Crippen LogP contribution in [0.4, 0.5) is 10.5 Å². The molecule has 1 rings (SSSR count). The molecule has 0 aliphatic carbocycles. The lowest BCUT2D eigenvalue weighted by Gasteiger charge is -2.24. The number of amides is 2. The van der Waals surface area contributed by atoms with Crippen molar-refractivity contribution in [1.29, 1.82) is 0 Å². The highest BCUT2D eigenvalue weighted by molar-refractivity contribution is 9.10. The molecule has 2 unspecified atom stereocenters. The summed E-state index contributed by atoms with van der Waals surface area (Å²) < 4.78 is 0.919. The first-order valence-corrected chi connectivity index (χ1v) is 7.16. The van der Waals surface area contributed by atoms with E-state index in [0.29, 0.717) is 5.69 Å². The number of urea groups is 1. The van der Waals surface area contributed by atoms with Gasteiger partial charge in [-0.2, -0.15) is 0 Å². The zero-order chi connectivity index (χ0) is 15.3. The van der Waals surface area contributed by atoms with Crippen molar-refractivity contribution < 1.29 is 14.7 Å². The first-order chi connectivity index (χ1) is 9.31. The number of nitrogens with one attached hydrogen (secondary N) is 2. The van der Waals surface area contributed by atoms with Crippen LogP contribution in [0, 0.1) is 11.8 Å². The molecule has 0 spiro atoms. The Kier molecular flexibility index (Phi) is 6.01. The molecule has 0 fully saturated rings. The maximum atomic E-state index is 11.8. The minimum absolute atomic E-state index is 0.0597. The van der Waals surface area contributed by atoms with Crippen LogP contribution >= 0.6 is 15.9 Å². The molecule has 0 saturated carbocycles. The predicted molar refractivity (Wildman–Crippen MR) is 81.7 cm³/mol. The first kappa shape index (κ1) is 16.5. The van der Waals surface area contributed by atoms with E-state index in [-0.39, 0.29) is 5.92 Å². The van der Waals surface area contributed by atoms with Crippen molar-refractivity contribution in [3.05, 3.63) is 28.7 Å². The molecule has 0 aliphatic rings. The number of halogens is 1. The smallest absolute Gasteiger partial charge is 0.319 e. The Morgan fingerprint density at radius 1 is 1.15 bits per heavy atom. The van der Waals surface area contributed by atoms with E-state index in [1.54, 1.807) is 19.1 Å². The zero-order valence-corrected chi connectivity index (χ0v) is 13.3. The molecule has 2 atom stereocenters. The van der Waals surface area contributed by atoms with Crippen LogP contribution < -0.4 is 10.6 Å². The van der Waals surface area contributed by atoms with Gasteiger partial charge in [-0.3, -0.25) is 4.79 Å². The minimum Gasteiger partial charge on any atom is -0.481 e. The van der Waals surface area contributed by atoms with E-state index in [0.717, 1.165) is 4.47 Å². The first-order valence-electron chi connectivity index (χ1n) is 6.37. The van der Waals surface area contributed by atoms with Crippen LogP contribution in [0.1, 0.15) is 20.8 Å². The lowest BCUT2D eigenvalue weighted by atomic mass is 9.89. The summed E-state index contributed by atoms with van der Waals surface area (Å²) in [5, 5.41) is 14.5. The van der Waals surface area contributed by atoms with Crippen molar-refractivity contribution in [2.45, 2.75) is 26.8 Å². The van der Waals surface area contributed by atoms with E-state index >= 15 is 0 Å². The summed E-state index contributed by atoms with van der Waals surface area (Å²) in [6, 6.07) is 6.27. The molecule has 1 aromatic carbocycles. The van der Waals surface area contributed by atoms with Gasteiger partial charge in [-0.15, -0.1) is 0 Å². The maximum Gasteiger partial charge on any atom is 0.319 e. The van der Waals surface area contributed by atoms with Gasteiger partial charge in [0.2, 0.25) is 0 Å². The van der Waals surface area contributed by atoms with Gasteiger partial charge >= 0.3 is 12.0 Å². The maximum absolute atomic E-state index is 11.8. The van der Waals surface area contributed by atoms with E-state index in [2.05, 4.69) is 26.6 Å².